The fourth-order valence-electron chi connectivity index (χ4n) is 10.6. The molecular weight excluding hydrogens is 627 g/mol. The van der Waals surface area contributed by atoms with E-state index in [9.17, 15) is 0 Å². The van der Waals surface area contributed by atoms with Crippen molar-refractivity contribution in [2.24, 2.45) is 0 Å². The first-order valence-electron chi connectivity index (χ1n) is 18.5. The van der Waals surface area contributed by atoms with Gasteiger partial charge in [0.1, 0.15) is 0 Å². The van der Waals surface area contributed by atoms with E-state index in [1.54, 1.807) is 0 Å². The zero-order valence-corrected chi connectivity index (χ0v) is 29.5. The van der Waals surface area contributed by atoms with E-state index < -0.39 is 0 Å². The molecule has 0 saturated heterocycles. The van der Waals surface area contributed by atoms with Gasteiger partial charge < -0.3 is 4.90 Å². The molecule has 1 unspecified atom stereocenters. The standard InChI is InChI=1S/C51H35N/c1-50(2)45-28-32-13-8-10-17-37(32)49-47(45)40-24-23-38-39(48(40)50)18-11-19-42(38)51(3)43-25-21-30-12-7-9-16-36(30)46(43)41-27-31-20-22-35(26-33(31)29-44(41)51)52(49)34-14-5-4-6-15-34/h4-29H,1-3H3. The molecule has 9 aromatic carbocycles. The van der Waals surface area contributed by atoms with Gasteiger partial charge in [-0.1, -0.05) is 129 Å². The van der Waals surface area contributed by atoms with Crippen LogP contribution < -0.4 is 4.90 Å². The third-order valence-corrected chi connectivity index (χ3v) is 12.9. The van der Waals surface area contributed by atoms with Gasteiger partial charge in [-0.05, 0) is 132 Å². The van der Waals surface area contributed by atoms with Gasteiger partial charge in [0.2, 0.25) is 0 Å². The third-order valence-electron chi connectivity index (χ3n) is 12.9. The van der Waals surface area contributed by atoms with Crippen molar-refractivity contribution >= 4 is 60.2 Å². The van der Waals surface area contributed by atoms with Crippen LogP contribution in [0.25, 0.3) is 65.3 Å². The summed E-state index contributed by atoms with van der Waals surface area (Å²) < 4.78 is 0. The summed E-state index contributed by atoms with van der Waals surface area (Å²) in [6, 6.07) is 60.2. The summed E-state index contributed by atoms with van der Waals surface area (Å²) in [5, 5.41) is 10.4. The van der Waals surface area contributed by atoms with Gasteiger partial charge in [-0.2, -0.15) is 0 Å². The van der Waals surface area contributed by atoms with Gasteiger partial charge in [0.15, 0.2) is 0 Å². The van der Waals surface area contributed by atoms with Crippen molar-refractivity contribution in [3.63, 3.8) is 0 Å². The highest BCUT2D eigenvalue weighted by Crippen LogP contribution is 2.61. The molecule has 0 radical (unpaired) electrons. The highest BCUT2D eigenvalue weighted by atomic mass is 15.1. The number of fused-ring (bicyclic) bond motifs is 6. The zero-order valence-electron chi connectivity index (χ0n) is 29.5. The molecule has 2 heterocycles. The van der Waals surface area contributed by atoms with Crippen molar-refractivity contribution in [1.29, 1.82) is 0 Å². The Morgan fingerprint density at radius 3 is 1.98 bits per heavy atom. The van der Waals surface area contributed by atoms with E-state index in [2.05, 4.69) is 183 Å². The molecule has 1 heteroatoms. The van der Waals surface area contributed by atoms with Crippen LogP contribution in [0.15, 0.2) is 158 Å². The molecule has 0 amide bonds. The molecular formula is C51H35N. The molecule has 1 atom stereocenters. The van der Waals surface area contributed by atoms with Crippen molar-refractivity contribution in [3.8, 4) is 22.3 Å². The van der Waals surface area contributed by atoms with Crippen molar-refractivity contribution in [3.05, 3.63) is 186 Å². The Hall–Kier alpha value is -6.18. The van der Waals surface area contributed by atoms with Gasteiger partial charge >= 0.3 is 0 Å². The summed E-state index contributed by atoms with van der Waals surface area (Å²) >= 11 is 0. The molecule has 13 rings (SSSR count). The lowest BCUT2D eigenvalue weighted by atomic mass is 9.71. The Morgan fingerprint density at radius 1 is 0.385 bits per heavy atom. The summed E-state index contributed by atoms with van der Waals surface area (Å²) in [6.45, 7) is 7.37. The van der Waals surface area contributed by atoms with Gasteiger partial charge in [-0.15, -0.1) is 0 Å². The van der Waals surface area contributed by atoms with E-state index in [1.165, 1.54) is 105 Å². The Kier molecular flexibility index (Phi) is 5.25. The van der Waals surface area contributed by atoms with Crippen LogP contribution in [0.4, 0.5) is 17.1 Å². The van der Waals surface area contributed by atoms with Crippen LogP contribution in [0.5, 0.6) is 0 Å². The summed E-state index contributed by atoms with van der Waals surface area (Å²) in [4.78, 5) is 2.53. The molecule has 0 fully saturated rings. The van der Waals surface area contributed by atoms with E-state index in [0.29, 0.717) is 0 Å². The Bertz CT molecular complexity index is 3060. The Morgan fingerprint density at radius 2 is 1.12 bits per heavy atom. The molecule has 0 spiro atoms. The molecule has 2 aliphatic carbocycles. The molecule has 52 heavy (non-hydrogen) atoms. The van der Waals surface area contributed by atoms with Gasteiger partial charge in [-0.3, -0.25) is 0 Å². The van der Waals surface area contributed by atoms with Crippen LogP contribution in [0.1, 0.15) is 48.6 Å². The first-order valence-corrected chi connectivity index (χ1v) is 18.5. The van der Waals surface area contributed by atoms with Gasteiger partial charge in [0, 0.05) is 33.2 Å². The fourth-order valence-corrected chi connectivity index (χ4v) is 10.6. The average Bonchev–Trinajstić information content (AvgIpc) is 3.57. The minimum atomic E-state index is -0.356. The normalized spacial score (nSPS) is 17.3. The monoisotopic (exact) mass is 661 g/mol. The molecule has 0 saturated carbocycles. The highest BCUT2D eigenvalue weighted by molar-refractivity contribution is 6.14. The molecule has 0 aromatic heterocycles. The van der Waals surface area contributed by atoms with Gasteiger partial charge in [0.25, 0.3) is 0 Å². The summed E-state index contributed by atoms with van der Waals surface area (Å²) in [5.41, 5.74) is 15.4. The molecule has 4 aliphatic rings. The highest BCUT2D eigenvalue weighted by Gasteiger charge is 2.45. The SMILES string of the molecule is CC1(C)c2cc3ccccc3c3c2-c2ccc4c(cccc4c21)C1(C)c2cc4cc(ccc4cc2-c2c1ccc1ccccc21)N3c1ccccc1. The topological polar surface area (TPSA) is 3.24 Å². The number of rotatable bonds is 1. The van der Waals surface area contributed by atoms with Gasteiger partial charge in [0.05, 0.1) is 5.69 Å². The van der Waals surface area contributed by atoms with Gasteiger partial charge in [-0.25, -0.2) is 0 Å². The first-order chi connectivity index (χ1) is 25.4. The second-order valence-electron chi connectivity index (χ2n) is 15.8. The average molecular weight is 662 g/mol. The van der Waals surface area contributed by atoms with Crippen LogP contribution in [0, 0.1) is 0 Å². The number of hydrogen-bond donors (Lipinski definition) is 0. The quantitative estimate of drug-likeness (QED) is 0.169. The lowest BCUT2D eigenvalue weighted by molar-refractivity contribution is 0.666. The van der Waals surface area contributed by atoms with E-state index >= 15 is 0 Å². The van der Waals surface area contributed by atoms with Crippen LogP contribution in [0.3, 0.4) is 0 Å². The number of anilines is 3. The first kappa shape index (κ1) is 28.5. The van der Waals surface area contributed by atoms with E-state index in [4.69, 9.17) is 0 Å². The smallest absolute Gasteiger partial charge is 0.0621 e. The molecule has 9 bridgehead atoms. The van der Waals surface area contributed by atoms with Crippen LogP contribution in [0.2, 0.25) is 0 Å². The van der Waals surface area contributed by atoms with Crippen molar-refractivity contribution in [2.75, 3.05) is 4.90 Å². The van der Waals surface area contributed by atoms with E-state index in [1.807, 2.05) is 0 Å². The maximum atomic E-state index is 2.53. The Balaban J connectivity index is 1.33. The lowest BCUT2D eigenvalue weighted by Gasteiger charge is -2.32. The van der Waals surface area contributed by atoms with E-state index in [0.717, 1.165) is 5.69 Å². The van der Waals surface area contributed by atoms with Crippen LogP contribution in [-0.2, 0) is 10.8 Å². The summed E-state index contributed by atoms with van der Waals surface area (Å²) in [5.74, 6) is 0. The second kappa shape index (κ2) is 9.57. The maximum Gasteiger partial charge on any atom is 0.0621 e. The largest absolute Gasteiger partial charge is 0.309 e. The fraction of sp³-hybridized carbons (Fsp3) is 0.0980. The molecule has 2 aliphatic heterocycles. The van der Waals surface area contributed by atoms with Crippen molar-refractivity contribution in [1.82, 2.24) is 0 Å². The minimum Gasteiger partial charge on any atom is -0.309 e. The van der Waals surface area contributed by atoms with E-state index in [-0.39, 0.29) is 10.8 Å². The maximum absolute atomic E-state index is 2.53. The van der Waals surface area contributed by atoms with Crippen LogP contribution in [-0.4, -0.2) is 0 Å². The zero-order chi connectivity index (χ0) is 34.5. The molecule has 9 aromatic rings. The number of benzene rings is 9. The third kappa shape index (κ3) is 3.35. The van der Waals surface area contributed by atoms with Crippen molar-refractivity contribution < 1.29 is 0 Å². The number of para-hydroxylation sites is 1. The number of hydrogen-bond acceptors (Lipinski definition) is 1. The van der Waals surface area contributed by atoms with Crippen LogP contribution >= 0.6 is 0 Å². The second-order valence-corrected chi connectivity index (χ2v) is 15.8. The predicted molar refractivity (Wildman–Crippen MR) is 220 cm³/mol. The summed E-state index contributed by atoms with van der Waals surface area (Å²) in [6.07, 6.45) is 0. The minimum absolute atomic E-state index is 0.221. The van der Waals surface area contributed by atoms with Crippen molar-refractivity contribution in [2.45, 2.75) is 31.6 Å². The predicted octanol–water partition coefficient (Wildman–Crippen LogP) is 13.7. The summed E-state index contributed by atoms with van der Waals surface area (Å²) in [7, 11) is 0. The number of nitrogens with zero attached hydrogens (tertiary/aromatic N) is 1. The Labute approximate surface area is 303 Å². The molecule has 0 N–H and O–H groups in total. The lowest BCUT2D eigenvalue weighted by Crippen LogP contribution is -2.23. The molecule has 244 valence electrons. The molecule has 1 nitrogen and oxygen atoms in total.